The number of halogens is 1. The van der Waals surface area contributed by atoms with Gasteiger partial charge in [-0.3, -0.25) is 4.98 Å². The number of thiophene rings is 1. The fourth-order valence-corrected chi connectivity index (χ4v) is 4.37. The van der Waals surface area contributed by atoms with E-state index < -0.39 is 0 Å². The lowest BCUT2D eigenvalue weighted by molar-refractivity contribution is 0.915. The first-order valence-corrected chi connectivity index (χ1v) is 7.87. The Morgan fingerprint density at radius 1 is 1.20 bits per heavy atom. The minimum absolute atomic E-state index is 0.598. The van der Waals surface area contributed by atoms with Crippen molar-refractivity contribution in [2.24, 2.45) is 0 Å². The Hall–Kier alpha value is -1.52. The van der Waals surface area contributed by atoms with Crippen molar-refractivity contribution in [3.8, 4) is 0 Å². The Morgan fingerprint density at radius 2 is 2.15 bits per heavy atom. The van der Waals surface area contributed by atoms with Crippen molar-refractivity contribution in [3.05, 3.63) is 51.5 Å². The van der Waals surface area contributed by atoms with Crippen LogP contribution in [0.1, 0.15) is 28.4 Å². The SMILES string of the molecule is Clc1nc(Cc2ccccn2)nc2sc3c(c12)CCC3. The van der Waals surface area contributed by atoms with Gasteiger partial charge >= 0.3 is 0 Å². The topological polar surface area (TPSA) is 38.7 Å². The van der Waals surface area contributed by atoms with Crippen LogP contribution < -0.4 is 0 Å². The lowest BCUT2D eigenvalue weighted by atomic mass is 10.2. The molecule has 1 aliphatic carbocycles. The van der Waals surface area contributed by atoms with Crippen LogP contribution in [0.2, 0.25) is 5.15 Å². The van der Waals surface area contributed by atoms with Crippen molar-refractivity contribution < 1.29 is 0 Å². The van der Waals surface area contributed by atoms with Crippen LogP contribution in [0.5, 0.6) is 0 Å². The Kier molecular flexibility index (Phi) is 2.93. The Bertz CT molecular complexity index is 783. The van der Waals surface area contributed by atoms with Crippen molar-refractivity contribution in [2.45, 2.75) is 25.7 Å². The quantitative estimate of drug-likeness (QED) is 0.675. The van der Waals surface area contributed by atoms with Crippen molar-refractivity contribution in [1.82, 2.24) is 15.0 Å². The largest absolute Gasteiger partial charge is 0.261 e. The molecule has 1 aliphatic rings. The van der Waals surface area contributed by atoms with E-state index in [-0.39, 0.29) is 0 Å². The molecule has 0 N–H and O–H groups in total. The standard InChI is InChI=1S/C15H12ClN3S/c16-14-13-10-5-3-6-11(10)20-15(13)19-12(18-14)8-9-4-1-2-7-17-9/h1-2,4,7H,3,5-6,8H2. The summed E-state index contributed by atoms with van der Waals surface area (Å²) in [5.41, 5.74) is 2.34. The highest BCUT2D eigenvalue weighted by Crippen LogP contribution is 2.39. The van der Waals surface area contributed by atoms with Crippen LogP contribution in [0.25, 0.3) is 10.2 Å². The molecule has 0 radical (unpaired) electrons. The smallest absolute Gasteiger partial charge is 0.141 e. The van der Waals surface area contributed by atoms with Gasteiger partial charge in [-0.15, -0.1) is 11.3 Å². The zero-order chi connectivity index (χ0) is 13.5. The van der Waals surface area contributed by atoms with Crippen LogP contribution >= 0.6 is 22.9 Å². The molecule has 0 bridgehead atoms. The molecule has 4 rings (SSSR count). The number of rotatable bonds is 2. The summed E-state index contributed by atoms with van der Waals surface area (Å²) < 4.78 is 0. The zero-order valence-electron chi connectivity index (χ0n) is 10.8. The Labute approximate surface area is 125 Å². The fraction of sp³-hybridized carbons (Fsp3) is 0.267. The summed E-state index contributed by atoms with van der Waals surface area (Å²) in [4.78, 5) is 15.9. The van der Waals surface area contributed by atoms with Crippen LogP contribution in [0.3, 0.4) is 0 Å². The minimum atomic E-state index is 0.598. The van der Waals surface area contributed by atoms with Crippen molar-refractivity contribution >= 4 is 33.2 Å². The molecule has 0 saturated heterocycles. The number of aryl methyl sites for hydroxylation is 2. The summed E-state index contributed by atoms with van der Waals surface area (Å²) in [6, 6.07) is 5.86. The highest BCUT2D eigenvalue weighted by Gasteiger charge is 2.21. The van der Waals surface area contributed by atoms with Gasteiger partial charge in [-0.25, -0.2) is 9.97 Å². The van der Waals surface area contributed by atoms with Gasteiger partial charge in [0.1, 0.15) is 15.8 Å². The molecule has 0 saturated carbocycles. The first-order chi connectivity index (χ1) is 9.81. The van der Waals surface area contributed by atoms with Gasteiger partial charge in [-0.05, 0) is 37.0 Å². The van der Waals surface area contributed by atoms with E-state index in [1.54, 1.807) is 17.5 Å². The number of aromatic nitrogens is 3. The van der Waals surface area contributed by atoms with Crippen LogP contribution in [0.15, 0.2) is 24.4 Å². The van der Waals surface area contributed by atoms with Crippen LogP contribution in [-0.4, -0.2) is 15.0 Å². The predicted octanol–water partition coefficient (Wildman–Crippen LogP) is 3.82. The first-order valence-electron chi connectivity index (χ1n) is 6.68. The van der Waals surface area contributed by atoms with E-state index in [1.165, 1.54) is 16.9 Å². The fourth-order valence-electron chi connectivity index (χ4n) is 2.74. The molecule has 3 aromatic heterocycles. The third kappa shape index (κ3) is 2.00. The molecule has 3 aromatic rings. The second-order valence-electron chi connectivity index (χ2n) is 4.97. The van der Waals surface area contributed by atoms with Crippen LogP contribution in [-0.2, 0) is 19.3 Å². The predicted molar refractivity (Wildman–Crippen MR) is 81.5 cm³/mol. The molecule has 3 heterocycles. The molecule has 0 atom stereocenters. The molecule has 0 spiro atoms. The molecule has 100 valence electrons. The van der Waals surface area contributed by atoms with Gasteiger partial charge in [0.2, 0.25) is 0 Å². The minimum Gasteiger partial charge on any atom is -0.261 e. The van der Waals surface area contributed by atoms with Gasteiger partial charge in [0.15, 0.2) is 0 Å². The molecular weight excluding hydrogens is 290 g/mol. The third-order valence-electron chi connectivity index (χ3n) is 3.63. The van der Waals surface area contributed by atoms with Gasteiger partial charge in [0.25, 0.3) is 0 Å². The summed E-state index contributed by atoms with van der Waals surface area (Å²) in [5, 5.41) is 1.68. The highest BCUT2D eigenvalue weighted by atomic mass is 35.5. The van der Waals surface area contributed by atoms with Gasteiger partial charge in [-0.1, -0.05) is 17.7 Å². The summed E-state index contributed by atoms with van der Waals surface area (Å²) in [6.07, 6.45) is 5.90. The average molecular weight is 302 g/mol. The van der Waals surface area contributed by atoms with E-state index in [2.05, 4.69) is 15.0 Å². The Morgan fingerprint density at radius 3 is 3.00 bits per heavy atom. The van der Waals surface area contributed by atoms with E-state index in [0.717, 1.165) is 34.6 Å². The van der Waals surface area contributed by atoms with Gasteiger partial charge in [0, 0.05) is 16.8 Å². The monoisotopic (exact) mass is 301 g/mol. The second kappa shape index (κ2) is 4.79. The first kappa shape index (κ1) is 12.2. The van der Waals surface area contributed by atoms with Gasteiger partial charge in [-0.2, -0.15) is 0 Å². The molecule has 0 aromatic carbocycles. The highest BCUT2D eigenvalue weighted by molar-refractivity contribution is 7.19. The van der Waals surface area contributed by atoms with E-state index in [1.807, 2.05) is 18.2 Å². The van der Waals surface area contributed by atoms with E-state index in [0.29, 0.717) is 11.6 Å². The molecule has 0 aliphatic heterocycles. The van der Waals surface area contributed by atoms with Gasteiger partial charge in [0.05, 0.1) is 11.8 Å². The average Bonchev–Trinajstić information content (AvgIpc) is 2.99. The lowest BCUT2D eigenvalue weighted by Crippen LogP contribution is -1.99. The maximum absolute atomic E-state index is 6.39. The Balaban J connectivity index is 1.79. The number of fused-ring (bicyclic) bond motifs is 3. The van der Waals surface area contributed by atoms with Crippen molar-refractivity contribution in [3.63, 3.8) is 0 Å². The molecular formula is C15H12ClN3S. The lowest BCUT2D eigenvalue weighted by Gasteiger charge is -2.02. The summed E-state index contributed by atoms with van der Waals surface area (Å²) in [6.45, 7) is 0. The van der Waals surface area contributed by atoms with E-state index in [9.17, 15) is 0 Å². The van der Waals surface area contributed by atoms with Crippen molar-refractivity contribution in [1.29, 1.82) is 0 Å². The summed E-state index contributed by atoms with van der Waals surface area (Å²) >= 11 is 8.16. The van der Waals surface area contributed by atoms with Crippen molar-refractivity contribution in [2.75, 3.05) is 0 Å². The molecule has 0 amide bonds. The third-order valence-corrected chi connectivity index (χ3v) is 5.09. The summed E-state index contributed by atoms with van der Waals surface area (Å²) in [5.74, 6) is 0.751. The zero-order valence-corrected chi connectivity index (χ0v) is 12.3. The van der Waals surface area contributed by atoms with E-state index >= 15 is 0 Å². The van der Waals surface area contributed by atoms with E-state index in [4.69, 9.17) is 11.6 Å². The number of nitrogens with zero attached hydrogens (tertiary/aromatic N) is 3. The maximum Gasteiger partial charge on any atom is 0.141 e. The molecule has 0 fully saturated rings. The summed E-state index contributed by atoms with van der Waals surface area (Å²) in [7, 11) is 0. The normalized spacial score (nSPS) is 13.8. The maximum atomic E-state index is 6.39. The van der Waals surface area contributed by atoms with Gasteiger partial charge < -0.3 is 0 Å². The van der Waals surface area contributed by atoms with Crippen LogP contribution in [0, 0.1) is 0 Å². The van der Waals surface area contributed by atoms with Crippen LogP contribution in [0.4, 0.5) is 0 Å². The molecule has 0 unspecified atom stereocenters. The number of hydrogen-bond acceptors (Lipinski definition) is 4. The molecule has 20 heavy (non-hydrogen) atoms. The molecule has 5 heteroatoms. The number of pyridine rings is 1. The molecule has 3 nitrogen and oxygen atoms in total. The second-order valence-corrected chi connectivity index (χ2v) is 6.41. The number of hydrogen-bond donors (Lipinski definition) is 0.